The van der Waals surface area contributed by atoms with Crippen molar-refractivity contribution >= 4 is 22.7 Å². The predicted molar refractivity (Wildman–Crippen MR) is 66.0 cm³/mol. The Morgan fingerprint density at radius 2 is 2.35 bits per heavy atom. The minimum Gasteiger partial charge on any atom is -0.440 e. The second-order valence-electron chi connectivity index (χ2n) is 5.30. The SMILES string of the molecule is NC1CC2(c3nc4cc(Cl)ccc4o3)CCC12. The normalized spacial score (nSPS) is 35.2. The second-order valence-corrected chi connectivity index (χ2v) is 5.74. The first-order valence-corrected chi connectivity index (χ1v) is 6.39. The minimum absolute atomic E-state index is 0.144. The van der Waals surface area contributed by atoms with E-state index in [1.165, 1.54) is 6.42 Å². The average molecular weight is 249 g/mol. The van der Waals surface area contributed by atoms with Gasteiger partial charge >= 0.3 is 0 Å². The number of hydrogen-bond donors (Lipinski definition) is 1. The Morgan fingerprint density at radius 1 is 1.47 bits per heavy atom. The van der Waals surface area contributed by atoms with Crippen molar-refractivity contribution in [2.24, 2.45) is 11.7 Å². The molecule has 0 amide bonds. The summed E-state index contributed by atoms with van der Waals surface area (Å²) in [7, 11) is 0. The maximum Gasteiger partial charge on any atom is 0.202 e. The number of rotatable bonds is 1. The summed E-state index contributed by atoms with van der Waals surface area (Å²) in [6.07, 6.45) is 3.38. The largest absolute Gasteiger partial charge is 0.440 e. The maximum atomic E-state index is 6.01. The Kier molecular flexibility index (Phi) is 1.77. The van der Waals surface area contributed by atoms with Crippen molar-refractivity contribution in [1.82, 2.24) is 4.98 Å². The van der Waals surface area contributed by atoms with Crippen molar-refractivity contribution in [2.45, 2.75) is 30.7 Å². The highest BCUT2D eigenvalue weighted by Gasteiger charge is 2.62. The summed E-state index contributed by atoms with van der Waals surface area (Å²) in [6, 6.07) is 5.91. The van der Waals surface area contributed by atoms with Crippen LogP contribution in [-0.4, -0.2) is 11.0 Å². The molecule has 2 aliphatic rings. The van der Waals surface area contributed by atoms with Crippen LogP contribution in [0.25, 0.3) is 11.1 Å². The number of nitrogens with zero attached hydrogens (tertiary/aromatic N) is 1. The first-order valence-electron chi connectivity index (χ1n) is 6.01. The number of aromatic nitrogens is 1. The summed E-state index contributed by atoms with van der Waals surface area (Å²) in [5, 5.41) is 0.699. The van der Waals surface area contributed by atoms with Crippen molar-refractivity contribution in [1.29, 1.82) is 0 Å². The number of nitrogens with two attached hydrogens (primary N) is 1. The Labute approximate surface area is 104 Å². The van der Waals surface area contributed by atoms with Gasteiger partial charge in [-0.05, 0) is 43.4 Å². The van der Waals surface area contributed by atoms with Gasteiger partial charge in [0.1, 0.15) is 5.52 Å². The van der Waals surface area contributed by atoms with E-state index >= 15 is 0 Å². The van der Waals surface area contributed by atoms with E-state index in [1.54, 1.807) is 0 Å². The van der Waals surface area contributed by atoms with Gasteiger partial charge < -0.3 is 10.2 Å². The van der Waals surface area contributed by atoms with Crippen LogP contribution in [0.15, 0.2) is 22.6 Å². The third-order valence-corrected chi connectivity index (χ3v) is 4.74. The monoisotopic (exact) mass is 248 g/mol. The molecule has 0 saturated heterocycles. The van der Waals surface area contributed by atoms with Gasteiger partial charge in [0.05, 0.1) is 5.41 Å². The van der Waals surface area contributed by atoms with Crippen LogP contribution in [0.5, 0.6) is 0 Å². The molecule has 4 rings (SSSR count). The summed E-state index contributed by atoms with van der Waals surface area (Å²) in [5.74, 6) is 1.44. The Bertz CT molecular complexity index is 608. The summed E-state index contributed by atoms with van der Waals surface area (Å²) in [6.45, 7) is 0. The van der Waals surface area contributed by atoms with Crippen molar-refractivity contribution in [3.63, 3.8) is 0 Å². The Balaban J connectivity index is 1.82. The molecule has 2 fully saturated rings. The molecule has 2 saturated carbocycles. The summed E-state index contributed by atoms with van der Waals surface area (Å²) >= 11 is 5.95. The summed E-state index contributed by atoms with van der Waals surface area (Å²) in [4.78, 5) is 4.60. The molecule has 1 heterocycles. The highest BCUT2D eigenvalue weighted by atomic mass is 35.5. The molecule has 1 aromatic heterocycles. The van der Waals surface area contributed by atoms with Crippen molar-refractivity contribution in [3.8, 4) is 0 Å². The van der Waals surface area contributed by atoms with Gasteiger partial charge in [0.15, 0.2) is 5.58 Å². The molecule has 0 radical (unpaired) electrons. The molecule has 0 aliphatic heterocycles. The molecule has 2 aliphatic carbocycles. The Hall–Kier alpha value is -1.06. The first kappa shape index (κ1) is 9.92. The fraction of sp³-hybridized carbons (Fsp3) is 0.462. The Morgan fingerprint density at radius 3 is 3.00 bits per heavy atom. The lowest BCUT2D eigenvalue weighted by Crippen LogP contribution is -2.65. The topological polar surface area (TPSA) is 52.0 Å². The van der Waals surface area contributed by atoms with Gasteiger partial charge in [-0.25, -0.2) is 4.98 Å². The second kappa shape index (κ2) is 3.03. The van der Waals surface area contributed by atoms with E-state index < -0.39 is 0 Å². The lowest BCUT2D eigenvalue weighted by molar-refractivity contribution is -0.0382. The molecule has 3 nitrogen and oxygen atoms in total. The van der Waals surface area contributed by atoms with E-state index in [1.807, 2.05) is 18.2 Å². The van der Waals surface area contributed by atoms with Gasteiger partial charge in [-0.15, -0.1) is 0 Å². The molecule has 2 N–H and O–H groups in total. The molecule has 88 valence electrons. The smallest absolute Gasteiger partial charge is 0.202 e. The van der Waals surface area contributed by atoms with E-state index in [2.05, 4.69) is 4.98 Å². The van der Waals surface area contributed by atoms with Crippen LogP contribution in [0.4, 0.5) is 0 Å². The zero-order valence-corrected chi connectivity index (χ0v) is 10.1. The van der Waals surface area contributed by atoms with Gasteiger partial charge in [0.2, 0.25) is 5.89 Å². The van der Waals surface area contributed by atoms with Crippen LogP contribution in [0.1, 0.15) is 25.2 Å². The molecule has 0 spiro atoms. The van der Waals surface area contributed by atoms with E-state index in [4.69, 9.17) is 21.8 Å². The third kappa shape index (κ3) is 1.14. The highest BCUT2D eigenvalue weighted by Crippen LogP contribution is 2.61. The molecule has 17 heavy (non-hydrogen) atoms. The van der Waals surface area contributed by atoms with E-state index in [9.17, 15) is 0 Å². The van der Waals surface area contributed by atoms with Gasteiger partial charge in [-0.3, -0.25) is 0 Å². The van der Waals surface area contributed by atoms with Crippen LogP contribution in [0.2, 0.25) is 5.02 Å². The average Bonchev–Trinajstić information content (AvgIpc) is 2.67. The number of oxazole rings is 1. The van der Waals surface area contributed by atoms with Gasteiger partial charge in [-0.1, -0.05) is 11.6 Å². The first-order chi connectivity index (χ1) is 8.19. The van der Waals surface area contributed by atoms with Gasteiger partial charge in [-0.2, -0.15) is 0 Å². The van der Waals surface area contributed by atoms with Gasteiger partial charge in [0.25, 0.3) is 0 Å². The van der Waals surface area contributed by atoms with Crippen LogP contribution < -0.4 is 5.73 Å². The highest BCUT2D eigenvalue weighted by molar-refractivity contribution is 6.31. The maximum absolute atomic E-state index is 6.01. The molecule has 2 aromatic rings. The molecule has 3 unspecified atom stereocenters. The van der Waals surface area contributed by atoms with Crippen molar-refractivity contribution < 1.29 is 4.42 Å². The fourth-order valence-electron chi connectivity index (χ4n) is 3.41. The van der Waals surface area contributed by atoms with Crippen LogP contribution in [0, 0.1) is 5.92 Å². The van der Waals surface area contributed by atoms with Crippen molar-refractivity contribution in [2.75, 3.05) is 0 Å². The van der Waals surface area contributed by atoms with Crippen LogP contribution in [0.3, 0.4) is 0 Å². The van der Waals surface area contributed by atoms with E-state index in [0.717, 1.165) is 29.8 Å². The number of fused-ring (bicyclic) bond motifs is 2. The van der Waals surface area contributed by atoms with E-state index in [0.29, 0.717) is 17.0 Å². The molecular formula is C13H13ClN2O. The van der Waals surface area contributed by atoms with Crippen molar-refractivity contribution in [3.05, 3.63) is 29.1 Å². The zero-order valence-electron chi connectivity index (χ0n) is 9.32. The molecule has 3 atom stereocenters. The van der Waals surface area contributed by atoms with E-state index in [-0.39, 0.29) is 5.41 Å². The molecular weight excluding hydrogens is 236 g/mol. The number of hydrogen-bond acceptors (Lipinski definition) is 3. The standard InChI is InChI=1S/C13H13ClN2O/c14-7-1-2-11-10(5-7)16-12(17-11)13-4-3-8(13)9(15)6-13/h1-2,5,8-9H,3-4,6,15H2. The number of halogens is 1. The minimum atomic E-state index is 0.144. The van der Waals surface area contributed by atoms with Crippen LogP contribution >= 0.6 is 11.6 Å². The molecule has 4 heteroatoms. The van der Waals surface area contributed by atoms with Gasteiger partial charge in [0, 0.05) is 11.1 Å². The fourth-order valence-corrected chi connectivity index (χ4v) is 3.57. The molecule has 1 aromatic carbocycles. The quantitative estimate of drug-likeness (QED) is 0.844. The summed E-state index contributed by atoms with van der Waals surface area (Å²) in [5.41, 5.74) is 7.84. The zero-order chi connectivity index (χ0) is 11.6. The molecule has 0 bridgehead atoms. The predicted octanol–water partition coefficient (Wildman–Crippen LogP) is 2.86. The number of benzene rings is 1. The lowest BCUT2D eigenvalue weighted by atomic mass is 9.45. The van der Waals surface area contributed by atoms with Crippen LogP contribution in [-0.2, 0) is 5.41 Å². The summed E-state index contributed by atoms with van der Waals surface area (Å²) < 4.78 is 5.87. The third-order valence-electron chi connectivity index (χ3n) is 4.50. The lowest BCUT2D eigenvalue weighted by Gasteiger charge is -2.60.